The van der Waals surface area contributed by atoms with Crippen LogP contribution in [0.3, 0.4) is 0 Å². The summed E-state index contributed by atoms with van der Waals surface area (Å²) in [6.07, 6.45) is 1.29. The van der Waals surface area contributed by atoms with Crippen LogP contribution in [0.2, 0.25) is 0 Å². The predicted octanol–water partition coefficient (Wildman–Crippen LogP) is 2.25. The fourth-order valence-corrected chi connectivity index (χ4v) is 1.73. The highest BCUT2D eigenvalue weighted by atomic mass is 16.5. The van der Waals surface area contributed by atoms with Gasteiger partial charge in [0.15, 0.2) is 5.82 Å². The van der Waals surface area contributed by atoms with E-state index in [1.54, 1.807) is 7.11 Å². The topological polar surface area (TPSA) is 74.2 Å². The van der Waals surface area contributed by atoms with Gasteiger partial charge in [0.2, 0.25) is 5.89 Å². The molecule has 5 heteroatoms. The van der Waals surface area contributed by atoms with E-state index in [1.807, 2.05) is 38.1 Å². The number of hydrogen-bond donors (Lipinski definition) is 1. The van der Waals surface area contributed by atoms with Gasteiger partial charge >= 0.3 is 0 Å². The smallest absolute Gasteiger partial charge is 0.231 e. The zero-order valence-electron chi connectivity index (χ0n) is 11.5. The molecule has 0 amide bonds. The summed E-state index contributed by atoms with van der Waals surface area (Å²) >= 11 is 0. The SMILES string of the molecule is CCC(C)(N)c1noc(Cc2ccccc2OC)n1. The van der Waals surface area contributed by atoms with Crippen molar-refractivity contribution in [1.29, 1.82) is 0 Å². The first-order chi connectivity index (χ1) is 9.06. The second-order valence-electron chi connectivity index (χ2n) is 4.77. The van der Waals surface area contributed by atoms with Crippen molar-refractivity contribution in [3.05, 3.63) is 41.5 Å². The van der Waals surface area contributed by atoms with Crippen LogP contribution >= 0.6 is 0 Å². The van der Waals surface area contributed by atoms with Gasteiger partial charge in [0, 0.05) is 5.56 Å². The molecule has 1 atom stereocenters. The summed E-state index contributed by atoms with van der Waals surface area (Å²) in [5.74, 6) is 1.90. The molecule has 5 nitrogen and oxygen atoms in total. The largest absolute Gasteiger partial charge is 0.496 e. The van der Waals surface area contributed by atoms with E-state index in [-0.39, 0.29) is 0 Å². The minimum absolute atomic E-state index is 0.538. The van der Waals surface area contributed by atoms with Gasteiger partial charge in [-0.15, -0.1) is 0 Å². The van der Waals surface area contributed by atoms with Crippen LogP contribution in [-0.2, 0) is 12.0 Å². The van der Waals surface area contributed by atoms with E-state index < -0.39 is 5.54 Å². The first-order valence-corrected chi connectivity index (χ1v) is 6.30. The highest BCUT2D eigenvalue weighted by molar-refractivity contribution is 5.34. The number of rotatable bonds is 5. The van der Waals surface area contributed by atoms with Gasteiger partial charge in [-0.25, -0.2) is 0 Å². The molecule has 1 unspecified atom stereocenters. The summed E-state index contributed by atoms with van der Waals surface area (Å²) in [4.78, 5) is 4.37. The Morgan fingerprint density at radius 2 is 2.11 bits per heavy atom. The van der Waals surface area contributed by atoms with Gasteiger partial charge in [-0.1, -0.05) is 30.3 Å². The Morgan fingerprint density at radius 1 is 1.37 bits per heavy atom. The van der Waals surface area contributed by atoms with Crippen molar-refractivity contribution in [3.63, 3.8) is 0 Å². The molecule has 1 heterocycles. The molecule has 19 heavy (non-hydrogen) atoms. The van der Waals surface area contributed by atoms with Crippen molar-refractivity contribution >= 4 is 0 Å². The Labute approximate surface area is 112 Å². The number of para-hydroxylation sites is 1. The molecule has 0 saturated heterocycles. The van der Waals surface area contributed by atoms with Crippen molar-refractivity contribution < 1.29 is 9.26 Å². The third-order valence-corrected chi connectivity index (χ3v) is 3.25. The van der Waals surface area contributed by atoms with Crippen LogP contribution in [0.25, 0.3) is 0 Å². The maximum Gasteiger partial charge on any atom is 0.231 e. The van der Waals surface area contributed by atoms with Crippen molar-refractivity contribution in [1.82, 2.24) is 10.1 Å². The fraction of sp³-hybridized carbons (Fsp3) is 0.429. The van der Waals surface area contributed by atoms with Crippen molar-refractivity contribution in [2.24, 2.45) is 5.73 Å². The predicted molar refractivity (Wildman–Crippen MR) is 71.9 cm³/mol. The molecule has 0 bridgehead atoms. The van der Waals surface area contributed by atoms with E-state index in [2.05, 4.69) is 10.1 Å². The van der Waals surface area contributed by atoms with E-state index in [0.29, 0.717) is 18.1 Å². The van der Waals surface area contributed by atoms with E-state index >= 15 is 0 Å². The van der Waals surface area contributed by atoms with Crippen molar-refractivity contribution in [2.45, 2.75) is 32.2 Å². The molecule has 102 valence electrons. The summed E-state index contributed by atoms with van der Waals surface area (Å²) < 4.78 is 10.6. The summed E-state index contributed by atoms with van der Waals surface area (Å²) in [7, 11) is 1.64. The monoisotopic (exact) mass is 261 g/mol. The van der Waals surface area contributed by atoms with Gasteiger partial charge in [0.05, 0.1) is 19.1 Å². The average molecular weight is 261 g/mol. The fourth-order valence-electron chi connectivity index (χ4n) is 1.73. The Bertz CT molecular complexity index is 549. The van der Waals surface area contributed by atoms with Crippen molar-refractivity contribution in [3.8, 4) is 5.75 Å². The minimum Gasteiger partial charge on any atom is -0.496 e. The van der Waals surface area contributed by atoms with Gasteiger partial charge in [-0.3, -0.25) is 0 Å². The Balaban J connectivity index is 2.21. The number of benzene rings is 1. The molecular formula is C14H19N3O2. The van der Waals surface area contributed by atoms with Crippen LogP contribution in [-0.4, -0.2) is 17.3 Å². The number of hydrogen-bond acceptors (Lipinski definition) is 5. The third-order valence-electron chi connectivity index (χ3n) is 3.25. The maximum absolute atomic E-state index is 6.09. The van der Waals surface area contributed by atoms with Crippen LogP contribution in [0.5, 0.6) is 5.75 Å². The highest BCUT2D eigenvalue weighted by Gasteiger charge is 2.25. The first-order valence-electron chi connectivity index (χ1n) is 6.30. The number of ether oxygens (including phenoxy) is 1. The molecule has 0 aliphatic rings. The minimum atomic E-state index is -0.553. The second-order valence-corrected chi connectivity index (χ2v) is 4.77. The molecule has 0 aliphatic carbocycles. The molecule has 0 spiro atoms. The van der Waals surface area contributed by atoms with E-state index in [1.165, 1.54) is 0 Å². The van der Waals surface area contributed by atoms with Crippen LogP contribution in [0.1, 0.15) is 37.5 Å². The lowest BCUT2D eigenvalue weighted by molar-refractivity contribution is 0.354. The Kier molecular flexibility index (Phi) is 3.85. The molecule has 1 aromatic heterocycles. The zero-order chi connectivity index (χ0) is 13.9. The van der Waals surface area contributed by atoms with Gasteiger partial charge in [-0.2, -0.15) is 4.98 Å². The lowest BCUT2D eigenvalue weighted by Crippen LogP contribution is -2.33. The molecule has 0 fully saturated rings. The summed E-state index contributed by atoms with van der Waals surface area (Å²) in [6.45, 7) is 3.89. The van der Waals surface area contributed by atoms with Crippen LogP contribution in [0, 0.1) is 0 Å². The maximum atomic E-state index is 6.09. The molecule has 1 aromatic carbocycles. The molecule has 2 N–H and O–H groups in total. The standard InChI is InChI=1S/C14H19N3O2/c1-4-14(2,15)13-16-12(19-17-13)9-10-7-5-6-8-11(10)18-3/h5-8H,4,9,15H2,1-3H3. The van der Waals surface area contributed by atoms with Gasteiger partial charge in [0.1, 0.15) is 5.75 Å². The number of nitrogens with zero attached hydrogens (tertiary/aromatic N) is 2. The molecule has 0 radical (unpaired) electrons. The van der Waals surface area contributed by atoms with E-state index in [9.17, 15) is 0 Å². The van der Waals surface area contributed by atoms with E-state index in [0.717, 1.165) is 17.7 Å². The lowest BCUT2D eigenvalue weighted by atomic mass is 10.00. The summed E-state index contributed by atoms with van der Waals surface area (Å²) in [5.41, 5.74) is 6.55. The average Bonchev–Trinajstić information content (AvgIpc) is 2.89. The lowest BCUT2D eigenvalue weighted by Gasteiger charge is -2.16. The Hall–Kier alpha value is -1.88. The van der Waals surface area contributed by atoms with Gasteiger partial charge in [0.25, 0.3) is 0 Å². The summed E-state index contributed by atoms with van der Waals surface area (Å²) in [5, 5.41) is 3.96. The molecular weight excluding hydrogens is 242 g/mol. The zero-order valence-corrected chi connectivity index (χ0v) is 11.5. The molecule has 2 aromatic rings. The normalized spacial score (nSPS) is 14.1. The van der Waals surface area contributed by atoms with E-state index in [4.69, 9.17) is 15.0 Å². The molecule has 2 rings (SSSR count). The quantitative estimate of drug-likeness (QED) is 0.893. The molecule has 0 saturated carbocycles. The van der Waals surface area contributed by atoms with Crippen LogP contribution in [0.4, 0.5) is 0 Å². The first kappa shape index (κ1) is 13.5. The number of aromatic nitrogens is 2. The Morgan fingerprint density at radius 3 is 2.79 bits per heavy atom. The van der Waals surface area contributed by atoms with Gasteiger partial charge in [-0.05, 0) is 19.4 Å². The van der Waals surface area contributed by atoms with Crippen molar-refractivity contribution in [2.75, 3.05) is 7.11 Å². The van der Waals surface area contributed by atoms with Crippen LogP contribution < -0.4 is 10.5 Å². The third kappa shape index (κ3) is 2.93. The number of methoxy groups -OCH3 is 1. The number of nitrogens with two attached hydrogens (primary N) is 1. The summed E-state index contributed by atoms with van der Waals surface area (Å²) in [6, 6.07) is 7.76. The van der Waals surface area contributed by atoms with Gasteiger partial charge < -0.3 is 15.0 Å². The van der Waals surface area contributed by atoms with Crippen LogP contribution in [0.15, 0.2) is 28.8 Å². The second kappa shape index (κ2) is 5.40. The highest BCUT2D eigenvalue weighted by Crippen LogP contribution is 2.22. The molecule has 0 aliphatic heterocycles.